The number of ether oxygens (including phenoxy) is 1. The SMILES string of the molecule is CCC(CC)(CCl)CNC(=O)C1CCC(C)O1. The van der Waals surface area contributed by atoms with Crippen molar-refractivity contribution in [3.05, 3.63) is 0 Å². The molecule has 0 saturated carbocycles. The maximum Gasteiger partial charge on any atom is 0.249 e. The van der Waals surface area contributed by atoms with Crippen LogP contribution < -0.4 is 5.32 Å². The third-order valence-corrected chi connectivity index (χ3v) is 4.51. The molecule has 1 saturated heterocycles. The van der Waals surface area contributed by atoms with Gasteiger partial charge in [-0.15, -0.1) is 11.6 Å². The second-order valence-corrected chi connectivity index (χ2v) is 5.34. The van der Waals surface area contributed by atoms with Crippen LogP contribution in [0.5, 0.6) is 0 Å². The van der Waals surface area contributed by atoms with Crippen molar-refractivity contribution in [2.45, 2.75) is 58.7 Å². The minimum Gasteiger partial charge on any atom is -0.365 e. The molecule has 1 aliphatic rings. The van der Waals surface area contributed by atoms with Crippen molar-refractivity contribution in [2.24, 2.45) is 5.41 Å². The summed E-state index contributed by atoms with van der Waals surface area (Å²) in [6.45, 7) is 6.89. The molecule has 3 nitrogen and oxygen atoms in total. The van der Waals surface area contributed by atoms with Gasteiger partial charge in [0.25, 0.3) is 0 Å². The first-order valence-corrected chi connectivity index (χ1v) is 7.09. The second kappa shape index (κ2) is 6.60. The van der Waals surface area contributed by atoms with Crippen LogP contribution in [0.15, 0.2) is 0 Å². The Hall–Kier alpha value is -0.280. The molecule has 2 atom stereocenters. The van der Waals surface area contributed by atoms with Gasteiger partial charge in [-0.25, -0.2) is 0 Å². The predicted octanol–water partition coefficient (Wildman–Crippen LogP) is 2.72. The zero-order valence-corrected chi connectivity index (χ0v) is 11.8. The molecule has 17 heavy (non-hydrogen) atoms. The van der Waals surface area contributed by atoms with Crippen molar-refractivity contribution in [2.75, 3.05) is 12.4 Å². The van der Waals surface area contributed by atoms with Gasteiger partial charge in [-0.05, 0) is 32.6 Å². The Morgan fingerprint density at radius 2 is 2.06 bits per heavy atom. The van der Waals surface area contributed by atoms with E-state index in [4.69, 9.17) is 16.3 Å². The maximum atomic E-state index is 11.9. The zero-order valence-electron chi connectivity index (χ0n) is 11.1. The third kappa shape index (κ3) is 3.85. The minimum atomic E-state index is -0.258. The van der Waals surface area contributed by atoms with E-state index in [1.807, 2.05) is 6.92 Å². The van der Waals surface area contributed by atoms with E-state index in [9.17, 15) is 4.79 Å². The number of hydrogen-bond donors (Lipinski definition) is 1. The number of carbonyl (C=O) groups excluding carboxylic acids is 1. The van der Waals surface area contributed by atoms with Gasteiger partial charge in [0, 0.05) is 17.8 Å². The molecule has 0 aromatic heterocycles. The first kappa shape index (κ1) is 14.8. The average molecular weight is 262 g/mol. The Labute approximate surface area is 109 Å². The quantitative estimate of drug-likeness (QED) is 0.747. The summed E-state index contributed by atoms with van der Waals surface area (Å²) in [6.07, 6.45) is 3.72. The van der Waals surface area contributed by atoms with E-state index in [2.05, 4.69) is 19.2 Å². The highest BCUT2D eigenvalue weighted by atomic mass is 35.5. The molecule has 100 valence electrons. The van der Waals surface area contributed by atoms with Crippen LogP contribution in [0.1, 0.15) is 46.5 Å². The van der Waals surface area contributed by atoms with Crippen LogP contribution >= 0.6 is 11.6 Å². The van der Waals surface area contributed by atoms with Gasteiger partial charge in [-0.3, -0.25) is 4.79 Å². The predicted molar refractivity (Wildman–Crippen MR) is 70.3 cm³/mol. The Bertz CT molecular complexity index is 246. The van der Waals surface area contributed by atoms with Gasteiger partial charge in [0.1, 0.15) is 6.10 Å². The van der Waals surface area contributed by atoms with Gasteiger partial charge >= 0.3 is 0 Å². The Morgan fingerprint density at radius 3 is 2.47 bits per heavy atom. The molecule has 0 radical (unpaired) electrons. The van der Waals surface area contributed by atoms with Crippen LogP contribution in [0.3, 0.4) is 0 Å². The fourth-order valence-corrected chi connectivity index (χ4v) is 2.59. The van der Waals surface area contributed by atoms with E-state index < -0.39 is 0 Å². The normalized spacial score (nSPS) is 24.9. The molecule has 0 spiro atoms. The molecule has 0 bridgehead atoms. The summed E-state index contributed by atoms with van der Waals surface area (Å²) in [4.78, 5) is 11.9. The molecule has 0 aromatic carbocycles. The van der Waals surface area contributed by atoms with Crippen molar-refractivity contribution >= 4 is 17.5 Å². The Kier molecular flexibility index (Phi) is 5.74. The fourth-order valence-electron chi connectivity index (χ4n) is 2.12. The van der Waals surface area contributed by atoms with Crippen molar-refractivity contribution in [1.29, 1.82) is 0 Å². The highest BCUT2D eigenvalue weighted by Crippen LogP contribution is 2.27. The number of carbonyl (C=O) groups is 1. The largest absolute Gasteiger partial charge is 0.365 e. The van der Waals surface area contributed by atoms with Crippen LogP contribution in [0.2, 0.25) is 0 Å². The van der Waals surface area contributed by atoms with Crippen molar-refractivity contribution in [1.82, 2.24) is 5.32 Å². The summed E-state index contributed by atoms with van der Waals surface area (Å²) in [5, 5.41) is 2.99. The molecule has 0 aliphatic carbocycles. The Balaban J connectivity index is 2.41. The van der Waals surface area contributed by atoms with Gasteiger partial charge in [-0.2, -0.15) is 0 Å². The number of nitrogens with one attached hydrogen (secondary N) is 1. The molecule has 0 aromatic rings. The third-order valence-electron chi connectivity index (χ3n) is 3.95. The van der Waals surface area contributed by atoms with E-state index in [0.717, 1.165) is 25.7 Å². The van der Waals surface area contributed by atoms with E-state index in [1.165, 1.54) is 0 Å². The van der Waals surface area contributed by atoms with Crippen LogP contribution in [0, 0.1) is 5.41 Å². The highest BCUT2D eigenvalue weighted by Gasteiger charge is 2.31. The zero-order chi connectivity index (χ0) is 12.9. The molecule has 1 rings (SSSR count). The molecule has 1 aliphatic heterocycles. The van der Waals surface area contributed by atoms with Gasteiger partial charge in [0.2, 0.25) is 5.91 Å². The van der Waals surface area contributed by atoms with Gasteiger partial charge in [0.15, 0.2) is 0 Å². The summed E-state index contributed by atoms with van der Waals surface area (Å²) in [6, 6.07) is 0. The van der Waals surface area contributed by atoms with Crippen LogP contribution in [0.25, 0.3) is 0 Å². The van der Waals surface area contributed by atoms with E-state index in [0.29, 0.717) is 12.4 Å². The average Bonchev–Trinajstić information content (AvgIpc) is 2.78. The fraction of sp³-hybridized carbons (Fsp3) is 0.923. The lowest BCUT2D eigenvalue weighted by molar-refractivity contribution is -0.132. The number of alkyl halides is 1. The molecular weight excluding hydrogens is 238 g/mol. The summed E-state index contributed by atoms with van der Waals surface area (Å²) in [7, 11) is 0. The van der Waals surface area contributed by atoms with Crippen molar-refractivity contribution < 1.29 is 9.53 Å². The first-order chi connectivity index (χ1) is 8.06. The van der Waals surface area contributed by atoms with Crippen LogP contribution in [-0.2, 0) is 9.53 Å². The minimum absolute atomic E-state index is 0.0192. The van der Waals surface area contributed by atoms with Gasteiger partial charge < -0.3 is 10.1 Å². The summed E-state index contributed by atoms with van der Waals surface area (Å²) >= 11 is 6.01. The molecule has 1 fully saturated rings. The standard InChI is InChI=1S/C13H24ClNO2/c1-4-13(5-2,8-14)9-15-12(16)11-7-6-10(3)17-11/h10-11H,4-9H2,1-3H3,(H,15,16). The van der Waals surface area contributed by atoms with E-state index in [1.54, 1.807) is 0 Å². The van der Waals surface area contributed by atoms with Crippen molar-refractivity contribution in [3.8, 4) is 0 Å². The summed E-state index contributed by atoms with van der Waals surface area (Å²) in [5.41, 5.74) is 0.0292. The maximum absolute atomic E-state index is 11.9. The number of amides is 1. The monoisotopic (exact) mass is 261 g/mol. The Morgan fingerprint density at radius 1 is 1.41 bits per heavy atom. The molecule has 4 heteroatoms. The topological polar surface area (TPSA) is 38.3 Å². The molecule has 2 unspecified atom stereocenters. The van der Waals surface area contributed by atoms with Crippen LogP contribution in [0.4, 0.5) is 0 Å². The lowest BCUT2D eigenvalue weighted by Crippen LogP contribution is -2.42. The van der Waals surface area contributed by atoms with Crippen molar-refractivity contribution in [3.63, 3.8) is 0 Å². The number of halogens is 1. The first-order valence-electron chi connectivity index (χ1n) is 6.56. The lowest BCUT2D eigenvalue weighted by atomic mass is 9.84. The number of hydrogen-bond acceptors (Lipinski definition) is 2. The van der Waals surface area contributed by atoms with E-state index in [-0.39, 0.29) is 23.5 Å². The lowest BCUT2D eigenvalue weighted by Gasteiger charge is -2.29. The van der Waals surface area contributed by atoms with Crippen LogP contribution in [-0.4, -0.2) is 30.5 Å². The van der Waals surface area contributed by atoms with Gasteiger partial charge in [0.05, 0.1) is 6.10 Å². The molecular formula is C13H24ClNO2. The van der Waals surface area contributed by atoms with Gasteiger partial charge in [-0.1, -0.05) is 13.8 Å². The highest BCUT2D eigenvalue weighted by molar-refractivity contribution is 6.18. The summed E-state index contributed by atoms with van der Waals surface area (Å²) in [5.74, 6) is 0.605. The smallest absolute Gasteiger partial charge is 0.249 e. The molecule has 1 heterocycles. The molecule has 1 N–H and O–H groups in total. The number of rotatable bonds is 6. The molecule has 1 amide bonds. The second-order valence-electron chi connectivity index (χ2n) is 5.07. The summed E-state index contributed by atoms with van der Waals surface area (Å²) < 4.78 is 5.54. The van der Waals surface area contributed by atoms with E-state index >= 15 is 0 Å².